The molecule has 0 spiro atoms. The summed E-state index contributed by atoms with van der Waals surface area (Å²) < 4.78 is 0. The molecule has 1 N–H and O–H groups in total. The van der Waals surface area contributed by atoms with Crippen LogP contribution in [0.25, 0.3) is 0 Å². The highest BCUT2D eigenvalue weighted by Crippen LogP contribution is 2.19. The highest BCUT2D eigenvalue weighted by Gasteiger charge is 2.24. The van der Waals surface area contributed by atoms with Gasteiger partial charge in [0.1, 0.15) is 5.82 Å². The van der Waals surface area contributed by atoms with Crippen LogP contribution in [0.5, 0.6) is 0 Å². The Labute approximate surface area is 148 Å². The topological polar surface area (TPSA) is 61.4 Å². The third kappa shape index (κ3) is 4.07. The first kappa shape index (κ1) is 17.2. The number of carbonyl (C=O) groups is 1. The molecule has 2 amide bonds. The van der Waals surface area contributed by atoms with Gasteiger partial charge in [-0.1, -0.05) is 13.0 Å². The molecule has 1 fully saturated rings. The lowest BCUT2D eigenvalue weighted by molar-refractivity contribution is 0.190. The zero-order valence-corrected chi connectivity index (χ0v) is 14.9. The third-order valence-electron chi connectivity index (χ3n) is 4.66. The zero-order valence-electron chi connectivity index (χ0n) is 14.9. The van der Waals surface area contributed by atoms with Crippen molar-refractivity contribution in [1.29, 1.82) is 0 Å². The molecule has 0 aliphatic carbocycles. The summed E-state index contributed by atoms with van der Waals surface area (Å²) in [7, 11) is 0. The smallest absolute Gasteiger partial charge is 0.318 e. The highest BCUT2D eigenvalue weighted by atomic mass is 16.2. The molecular formula is C19H25N5O. The van der Waals surface area contributed by atoms with Crippen LogP contribution >= 0.6 is 0 Å². The first-order valence-corrected chi connectivity index (χ1v) is 8.81. The highest BCUT2D eigenvalue weighted by molar-refractivity contribution is 5.75. The molecule has 0 unspecified atom stereocenters. The Kier molecular flexibility index (Phi) is 5.48. The van der Waals surface area contributed by atoms with Gasteiger partial charge in [0.25, 0.3) is 0 Å². The third-order valence-corrected chi connectivity index (χ3v) is 4.66. The molecule has 1 saturated heterocycles. The van der Waals surface area contributed by atoms with Gasteiger partial charge in [-0.25, -0.2) is 9.78 Å². The van der Waals surface area contributed by atoms with Crippen LogP contribution in [-0.4, -0.2) is 47.1 Å². The van der Waals surface area contributed by atoms with E-state index in [2.05, 4.69) is 40.1 Å². The second kappa shape index (κ2) is 7.96. The molecule has 6 nitrogen and oxygen atoms in total. The van der Waals surface area contributed by atoms with E-state index in [1.165, 1.54) is 5.56 Å². The Balaban J connectivity index is 1.57. The summed E-state index contributed by atoms with van der Waals surface area (Å²) in [6, 6.07) is 7.95. The predicted octanol–water partition coefficient (Wildman–Crippen LogP) is 2.77. The summed E-state index contributed by atoms with van der Waals surface area (Å²) in [6.45, 7) is 7.16. The summed E-state index contributed by atoms with van der Waals surface area (Å²) >= 11 is 0. The minimum Gasteiger partial charge on any atom is -0.353 e. The van der Waals surface area contributed by atoms with Crippen molar-refractivity contribution in [2.45, 2.75) is 26.3 Å². The first-order chi connectivity index (χ1) is 12.2. The maximum atomic E-state index is 12.6. The Hall–Kier alpha value is -2.63. The number of aromatic nitrogens is 2. The molecule has 6 heteroatoms. The number of anilines is 1. The molecule has 3 heterocycles. The van der Waals surface area contributed by atoms with Crippen LogP contribution in [-0.2, 0) is 0 Å². The van der Waals surface area contributed by atoms with Crippen molar-refractivity contribution in [3.05, 3.63) is 54.0 Å². The average Bonchev–Trinajstić information content (AvgIpc) is 2.67. The Bertz CT molecular complexity index is 698. The summed E-state index contributed by atoms with van der Waals surface area (Å²) in [5, 5.41) is 3.14. The van der Waals surface area contributed by atoms with E-state index in [4.69, 9.17) is 0 Å². The molecule has 3 rings (SSSR count). The van der Waals surface area contributed by atoms with E-state index in [0.29, 0.717) is 13.1 Å². The molecule has 1 aliphatic heterocycles. The molecule has 132 valence electrons. The molecule has 25 heavy (non-hydrogen) atoms. The molecule has 1 aliphatic rings. The quantitative estimate of drug-likeness (QED) is 0.930. The molecule has 1 atom stereocenters. The lowest BCUT2D eigenvalue weighted by Crippen LogP contribution is -2.52. The van der Waals surface area contributed by atoms with E-state index in [1.54, 1.807) is 12.4 Å². The zero-order chi connectivity index (χ0) is 17.6. The minimum absolute atomic E-state index is 0.000977. The Morgan fingerprint density at radius 1 is 1.16 bits per heavy atom. The lowest BCUT2D eigenvalue weighted by Gasteiger charge is -2.36. The number of piperazine rings is 1. The van der Waals surface area contributed by atoms with Crippen LogP contribution in [0.2, 0.25) is 0 Å². The van der Waals surface area contributed by atoms with E-state index < -0.39 is 0 Å². The van der Waals surface area contributed by atoms with Gasteiger partial charge in [0.2, 0.25) is 0 Å². The molecule has 2 aromatic rings. The predicted molar refractivity (Wildman–Crippen MR) is 98.6 cm³/mol. The number of rotatable bonds is 4. The number of urea groups is 1. The van der Waals surface area contributed by atoms with Crippen molar-refractivity contribution in [1.82, 2.24) is 20.2 Å². The number of aryl methyl sites for hydroxylation is 1. The van der Waals surface area contributed by atoms with Gasteiger partial charge in [-0.3, -0.25) is 4.98 Å². The Morgan fingerprint density at radius 3 is 2.52 bits per heavy atom. The number of nitrogens with zero attached hydrogens (tertiary/aromatic N) is 4. The largest absolute Gasteiger partial charge is 0.353 e. The van der Waals surface area contributed by atoms with Crippen molar-refractivity contribution < 1.29 is 4.79 Å². The van der Waals surface area contributed by atoms with Gasteiger partial charge in [-0.2, -0.15) is 0 Å². The summed E-state index contributed by atoms with van der Waals surface area (Å²) in [4.78, 5) is 25.3. The fraction of sp³-hybridized carbons (Fsp3) is 0.421. The molecule has 0 saturated carbocycles. The SMILES string of the molecule is CC[C@@H](NC(=O)N1CCN(c2ncccc2C)CC1)c1ccncc1. The minimum atomic E-state index is 0.000977. The van der Waals surface area contributed by atoms with Crippen molar-refractivity contribution >= 4 is 11.8 Å². The van der Waals surface area contributed by atoms with E-state index in [1.807, 2.05) is 29.3 Å². The van der Waals surface area contributed by atoms with Crippen LogP contribution in [0, 0.1) is 6.92 Å². The van der Waals surface area contributed by atoms with E-state index in [-0.39, 0.29) is 12.1 Å². The van der Waals surface area contributed by atoms with Gasteiger partial charge in [0.15, 0.2) is 0 Å². The number of amides is 2. The molecular weight excluding hydrogens is 314 g/mol. The van der Waals surface area contributed by atoms with Gasteiger partial charge in [0, 0.05) is 44.8 Å². The normalized spacial score (nSPS) is 15.8. The maximum absolute atomic E-state index is 12.6. The number of nitrogens with one attached hydrogen (secondary N) is 1. The van der Waals surface area contributed by atoms with Crippen LogP contribution < -0.4 is 10.2 Å². The summed E-state index contributed by atoms with van der Waals surface area (Å²) in [6.07, 6.45) is 6.20. The van der Waals surface area contributed by atoms with Crippen molar-refractivity contribution in [2.75, 3.05) is 31.1 Å². The van der Waals surface area contributed by atoms with Gasteiger partial charge in [0.05, 0.1) is 6.04 Å². The lowest BCUT2D eigenvalue weighted by atomic mass is 10.1. The number of carbonyl (C=O) groups excluding carboxylic acids is 1. The monoisotopic (exact) mass is 339 g/mol. The second-order valence-corrected chi connectivity index (χ2v) is 6.31. The summed E-state index contributed by atoms with van der Waals surface area (Å²) in [5.74, 6) is 1.02. The van der Waals surface area contributed by atoms with Crippen LogP contribution in [0.1, 0.15) is 30.5 Å². The first-order valence-electron chi connectivity index (χ1n) is 8.81. The number of hydrogen-bond donors (Lipinski definition) is 1. The van der Waals surface area contributed by atoms with E-state index in [0.717, 1.165) is 30.9 Å². The van der Waals surface area contributed by atoms with Gasteiger partial charge >= 0.3 is 6.03 Å². The number of pyridine rings is 2. The molecule has 0 bridgehead atoms. The van der Waals surface area contributed by atoms with Gasteiger partial charge < -0.3 is 15.1 Å². The average molecular weight is 339 g/mol. The van der Waals surface area contributed by atoms with Crippen molar-refractivity contribution in [2.24, 2.45) is 0 Å². The second-order valence-electron chi connectivity index (χ2n) is 6.31. The number of hydrogen-bond acceptors (Lipinski definition) is 4. The van der Waals surface area contributed by atoms with Crippen molar-refractivity contribution in [3.63, 3.8) is 0 Å². The van der Waals surface area contributed by atoms with E-state index >= 15 is 0 Å². The van der Waals surface area contributed by atoms with Crippen molar-refractivity contribution in [3.8, 4) is 0 Å². The van der Waals surface area contributed by atoms with Gasteiger partial charge in [-0.05, 0) is 42.7 Å². The van der Waals surface area contributed by atoms with E-state index in [9.17, 15) is 4.79 Å². The summed E-state index contributed by atoms with van der Waals surface area (Å²) in [5.41, 5.74) is 2.26. The van der Waals surface area contributed by atoms with Crippen LogP contribution in [0.15, 0.2) is 42.9 Å². The standard InChI is InChI=1S/C19H25N5O/c1-3-17(16-6-9-20-10-7-16)22-19(25)24-13-11-23(12-14-24)18-15(2)5-4-8-21-18/h4-10,17H,3,11-14H2,1-2H3,(H,22,25)/t17-/m1/s1. The fourth-order valence-corrected chi connectivity index (χ4v) is 3.19. The molecule has 0 radical (unpaired) electrons. The van der Waals surface area contributed by atoms with Crippen LogP contribution in [0.4, 0.5) is 10.6 Å². The fourth-order valence-electron chi connectivity index (χ4n) is 3.19. The maximum Gasteiger partial charge on any atom is 0.318 e. The van der Waals surface area contributed by atoms with Crippen LogP contribution in [0.3, 0.4) is 0 Å². The molecule has 0 aromatic carbocycles. The van der Waals surface area contributed by atoms with Gasteiger partial charge in [-0.15, -0.1) is 0 Å². The Morgan fingerprint density at radius 2 is 1.88 bits per heavy atom. The molecule has 2 aromatic heterocycles.